The number of carbonyl (C=O) groups is 1. The minimum absolute atomic E-state index is 0.124. The molecule has 3 heterocycles. The normalized spacial score (nSPS) is 14.5. The largest absolute Gasteiger partial charge is 0.493 e. The van der Waals surface area contributed by atoms with Gasteiger partial charge in [0.25, 0.3) is 0 Å². The lowest BCUT2D eigenvalue weighted by Gasteiger charge is -2.26. The molecule has 0 N–H and O–H groups in total. The molecule has 3 aromatic rings. The molecule has 0 aliphatic carbocycles. The molecule has 7 nitrogen and oxygen atoms in total. The Hall–Kier alpha value is -2.58. The van der Waals surface area contributed by atoms with Gasteiger partial charge in [-0.3, -0.25) is 9.20 Å². The van der Waals surface area contributed by atoms with Gasteiger partial charge in [0.15, 0.2) is 16.5 Å². The summed E-state index contributed by atoms with van der Waals surface area (Å²) >= 11 is 1.54. The van der Waals surface area contributed by atoms with Crippen LogP contribution in [0.3, 0.4) is 0 Å². The quantitative estimate of drug-likeness (QED) is 0.673. The molecule has 1 saturated heterocycles. The summed E-state index contributed by atoms with van der Waals surface area (Å²) in [5, 5.41) is 2.00. The lowest BCUT2D eigenvalue weighted by Crippen LogP contribution is -2.41. The molecule has 4 rings (SSSR count). The molecular formula is C19H21N3O4S. The third-order valence-electron chi connectivity index (χ3n) is 4.66. The first-order valence-corrected chi connectivity index (χ1v) is 9.61. The number of carbonyl (C=O) groups excluding carboxylic acids is 1. The third-order valence-corrected chi connectivity index (χ3v) is 5.55. The highest BCUT2D eigenvalue weighted by atomic mass is 32.1. The number of rotatable bonds is 5. The van der Waals surface area contributed by atoms with Crippen LogP contribution in [-0.4, -0.2) is 60.7 Å². The maximum absolute atomic E-state index is 12.6. The van der Waals surface area contributed by atoms with Crippen LogP contribution in [0, 0.1) is 0 Å². The number of hydrogen-bond acceptors (Lipinski definition) is 6. The Morgan fingerprint density at radius 1 is 1.22 bits per heavy atom. The highest BCUT2D eigenvalue weighted by Gasteiger charge is 2.19. The fourth-order valence-electron chi connectivity index (χ4n) is 3.17. The summed E-state index contributed by atoms with van der Waals surface area (Å²) in [5.41, 5.74) is 2.72. The van der Waals surface area contributed by atoms with Gasteiger partial charge in [0.05, 0.1) is 39.5 Å². The highest BCUT2D eigenvalue weighted by molar-refractivity contribution is 7.15. The number of aromatic nitrogens is 2. The van der Waals surface area contributed by atoms with Crippen LogP contribution in [0.2, 0.25) is 0 Å². The molecule has 1 amide bonds. The Balaban J connectivity index is 1.59. The van der Waals surface area contributed by atoms with Crippen molar-refractivity contribution in [1.29, 1.82) is 0 Å². The smallest absolute Gasteiger partial charge is 0.228 e. The van der Waals surface area contributed by atoms with E-state index in [2.05, 4.69) is 0 Å². The zero-order chi connectivity index (χ0) is 18.8. The summed E-state index contributed by atoms with van der Waals surface area (Å²) in [5.74, 6) is 1.47. The van der Waals surface area contributed by atoms with E-state index in [9.17, 15) is 4.79 Å². The molecule has 0 radical (unpaired) electrons. The second kappa shape index (κ2) is 7.58. The number of fused-ring (bicyclic) bond motifs is 1. The maximum atomic E-state index is 12.6. The van der Waals surface area contributed by atoms with Gasteiger partial charge in [-0.1, -0.05) is 0 Å². The molecule has 27 heavy (non-hydrogen) atoms. The van der Waals surface area contributed by atoms with Crippen LogP contribution in [0.25, 0.3) is 16.2 Å². The van der Waals surface area contributed by atoms with Crippen molar-refractivity contribution in [2.75, 3.05) is 40.5 Å². The lowest BCUT2D eigenvalue weighted by atomic mass is 10.1. The van der Waals surface area contributed by atoms with Crippen molar-refractivity contribution >= 4 is 22.2 Å². The van der Waals surface area contributed by atoms with Crippen LogP contribution in [0.15, 0.2) is 29.8 Å². The minimum atomic E-state index is 0.124. The second-order valence-corrected chi connectivity index (χ2v) is 7.08. The second-order valence-electron chi connectivity index (χ2n) is 6.25. The monoisotopic (exact) mass is 387 g/mol. The van der Waals surface area contributed by atoms with Crippen molar-refractivity contribution in [3.8, 4) is 22.8 Å². The van der Waals surface area contributed by atoms with Gasteiger partial charge < -0.3 is 19.1 Å². The molecule has 0 saturated carbocycles. The highest BCUT2D eigenvalue weighted by Crippen LogP contribution is 2.32. The molecule has 1 aliphatic rings. The molecule has 0 unspecified atom stereocenters. The van der Waals surface area contributed by atoms with Gasteiger partial charge in [0.1, 0.15) is 0 Å². The van der Waals surface area contributed by atoms with Crippen molar-refractivity contribution in [2.24, 2.45) is 0 Å². The van der Waals surface area contributed by atoms with E-state index in [0.717, 1.165) is 21.9 Å². The summed E-state index contributed by atoms with van der Waals surface area (Å²) in [7, 11) is 3.23. The number of morpholine rings is 1. The number of nitrogens with zero attached hydrogens (tertiary/aromatic N) is 3. The fraction of sp³-hybridized carbons (Fsp3) is 0.368. The van der Waals surface area contributed by atoms with E-state index in [1.807, 2.05) is 39.1 Å². The lowest BCUT2D eigenvalue weighted by molar-refractivity contribution is -0.134. The van der Waals surface area contributed by atoms with Crippen LogP contribution in [0.1, 0.15) is 5.69 Å². The van der Waals surface area contributed by atoms with Gasteiger partial charge >= 0.3 is 0 Å². The number of benzene rings is 1. The van der Waals surface area contributed by atoms with Gasteiger partial charge in [-0.15, -0.1) is 11.3 Å². The van der Waals surface area contributed by atoms with Gasteiger partial charge in [-0.05, 0) is 18.2 Å². The van der Waals surface area contributed by atoms with Crippen molar-refractivity contribution < 1.29 is 19.0 Å². The molecule has 8 heteroatoms. The molecular weight excluding hydrogens is 366 g/mol. The van der Waals surface area contributed by atoms with Crippen molar-refractivity contribution in [2.45, 2.75) is 6.42 Å². The summed E-state index contributed by atoms with van der Waals surface area (Å²) in [6.45, 7) is 2.54. The predicted molar refractivity (Wildman–Crippen MR) is 103 cm³/mol. The molecule has 0 atom stereocenters. The zero-order valence-electron chi connectivity index (χ0n) is 15.3. The average molecular weight is 387 g/mol. The van der Waals surface area contributed by atoms with Crippen LogP contribution in [0.5, 0.6) is 11.5 Å². The van der Waals surface area contributed by atoms with E-state index in [4.69, 9.17) is 19.2 Å². The van der Waals surface area contributed by atoms with Crippen molar-refractivity contribution in [1.82, 2.24) is 14.3 Å². The number of hydrogen-bond donors (Lipinski definition) is 0. The van der Waals surface area contributed by atoms with Gasteiger partial charge in [0.2, 0.25) is 5.91 Å². The number of amides is 1. The van der Waals surface area contributed by atoms with Gasteiger partial charge in [-0.2, -0.15) is 0 Å². The SMILES string of the molecule is COc1ccc(-c2cn3c(CC(=O)N4CCOCC4)csc3n2)cc1OC. The average Bonchev–Trinajstić information content (AvgIpc) is 3.30. The summed E-state index contributed by atoms with van der Waals surface area (Å²) in [6, 6.07) is 5.72. The number of imidazole rings is 1. The molecule has 1 aromatic carbocycles. The van der Waals surface area contributed by atoms with E-state index in [0.29, 0.717) is 44.2 Å². The molecule has 2 aromatic heterocycles. The number of ether oxygens (including phenoxy) is 3. The van der Waals surface area contributed by atoms with Crippen molar-refractivity contribution in [3.05, 3.63) is 35.5 Å². The Labute approximate surface area is 161 Å². The van der Waals surface area contributed by atoms with Crippen LogP contribution >= 0.6 is 11.3 Å². The third kappa shape index (κ3) is 3.50. The molecule has 0 spiro atoms. The topological polar surface area (TPSA) is 65.3 Å². The van der Waals surface area contributed by atoms with E-state index < -0.39 is 0 Å². The first kappa shape index (κ1) is 17.8. The van der Waals surface area contributed by atoms with Gasteiger partial charge in [-0.25, -0.2) is 4.98 Å². The summed E-state index contributed by atoms with van der Waals surface area (Å²) < 4.78 is 18.0. The Morgan fingerprint density at radius 2 is 2.00 bits per heavy atom. The Bertz CT molecular complexity index is 959. The first-order chi connectivity index (χ1) is 13.2. The van der Waals surface area contributed by atoms with Crippen LogP contribution in [-0.2, 0) is 16.0 Å². The van der Waals surface area contributed by atoms with Gasteiger partial charge in [0, 0.05) is 35.9 Å². The maximum Gasteiger partial charge on any atom is 0.228 e. The van der Waals surface area contributed by atoms with E-state index in [-0.39, 0.29) is 5.91 Å². The molecule has 1 fully saturated rings. The van der Waals surface area contributed by atoms with Crippen LogP contribution < -0.4 is 9.47 Å². The minimum Gasteiger partial charge on any atom is -0.493 e. The Kier molecular flexibility index (Phi) is 5.00. The van der Waals surface area contributed by atoms with Crippen molar-refractivity contribution in [3.63, 3.8) is 0 Å². The van der Waals surface area contributed by atoms with E-state index in [1.165, 1.54) is 11.3 Å². The number of thiazole rings is 1. The first-order valence-electron chi connectivity index (χ1n) is 8.73. The zero-order valence-corrected chi connectivity index (χ0v) is 16.1. The van der Waals surface area contributed by atoms with E-state index >= 15 is 0 Å². The summed E-state index contributed by atoms with van der Waals surface area (Å²) in [4.78, 5) is 20.0. The standard InChI is InChI=1S/C19H21N3O4S/c1-24-16-4-3-13(9-17(16)25-2)15-11-22-14(12-27-19(22)20-15)10-18(23)21-5-7-26-8-6-21/h3-4,9,11-12H,5-8,10H2,1-2H3. The fourth-order valence-corrected chi connectivity index (χ4v) is 4.04. The molecule has 1 aliphatic heterocycles. The van der Waals surface area contributed by atoms with Crippen LogP contribution in [0.4, 0.5) is 0 Å². The Morgan fingerprint density at radius 3 is 2.74 bits per heavy atom. The summed E-state index contributed by atoms with van der Waals surface area (Å²) in [6.07, 6.45) is 2.33. The predicted octanol–water partition coefficient (Wildman–Crippen LogP) is 2.48. The number of methoxy groups -OCH3 is 2. The molecule has 0 bridgehead atoms. The molecule has 142 valence electrons. The van der Waals surface area contributed by atoms with E-state index in [1.54, 1.807) is 14.2 Å².